The molecule has 27 heavy (non-hydrogen) atoms. The number of fused-ring (bicyclic) bond motifs is 2. The highest BCUT2D eigenvalue weighted by Gasteiger charge is 2.34. The summed E-state index contributed by atoms with van der Waals surface area (Å²) in [6.07, 6.45) is 4.14. The number of carbonyl (C=O) groups is 2. The SMILES string of the molecule is O=C1c2ccccc2C(=O)N1CCCCCCN1CNc2ccccc2C1. The number of benzene rings is 2. The van der Waals surface area contributed by atoms with Gasteiger partial charge >= 0.3 is 0 Å². The zero-order chi connectivity index (χ0) is 18.6. The summed E-state index contributed by atoms with van der Waals surface area (Å²) < 4.78 is 0. The molecule has 0 radical (unpaired) electrons. The molecule has 0 atom stereocenters. The summed E-state index contributed by atoms with van der Waals surface area (Å²) in [4.78, 5) is 28.5. The van der Waals surface area contributed by atoms with Gasteiger partial charge in [0, 0.05) is 25.3 Å². The van der Waals surface area contributed by atoms with Gasteiger partial charge in [0.2, 0.25) is 0 Å². The molecule has 0 aromatic heterocycles. The maximum atomic E-state index is 12.3. The van der Waals surface area contributed by atoms with Crippen LogP contribution < -0.4 is 5.32 Å². The molecule has 0 spiro atoms. The molecule has 2 aliphatic heterocycles. The van der Waals surface area contributed by atoms with Crippen molar-refractivity contribution in [1.82, 2.24) is 9.80 Å². The van der Waals surface area contributed by atoms with Gasteiger partial charge in [-0.15, -0.1) is 0 Å². The van der Waals surface area contributed by atoms with Crippen molar-refractivity contribution in [3.63, 3.8) is 0 Å². The van der Waals surface area contributed by atoms with E-state index in [0.29, 0.717) is 17.7 Å². The van der Waals surface area contributed by atoms with E-state index in [1.165, 1.54) is 16.2 Å². The molecule has 5 nitrogen and oxygen atoms in total. The lowest BCUT2D eigenvalue weighted by Crippen LogP contribution is -2.34. The molecule has 140 valence electrons. The number of carbonyl (C=O) groups excluding carboxylic acids is 2. The Morgan fingerprint density at radius 3 is 2.15 bits per heavy atom. The Morgan fingerprint density at radius 2 is 1.41 bits per heavy atom. The average Bonchev–Trinajstić information content (AvgIpc) is 2.95. The minimum atomic E-state index is -0.145. The van der Waals surface area contributed by atoms with E-state index < -0.39 is 0 Å². The fraction of sp³-hybridized carbons (Fsp3) is 0.364. The van der Waals surface area contributed by atoms with Crippen molar-refractivity contribution in [2.45, 2.75) is 32.2 Å². The normalized spacial score (nSPS) is 16.2. The summed E-state index contributed by atoms with van der Waals surface area (Å²) in [6, 6.07) is 15.5. The molecule has 5 heteroatoms. The summed E-state index contributed by atoms with van der Waals surface area (Å²) in [5.41, 5.74) is 3.69. The molecule has 0 unspecified atom stereocenters. The number of hydrogen-bond donors (Lipinski definition) is 1. The molecule has 0 saturated carbocycles. The Hall–Kier alpha value is -2.66. The lowest BCUT2D eigenvalue weighted by atomic mass is 10.1. The van der Waals surface area contributed by atoms with Gasteiger partial charge in [-0.2, -0.15) is 0 Å². The van der Waals surface area contributed by atoms with E-state index in [1.807, 2.05) is 0 Å². The van der Waals surface area contributed by atoms with Crippen LogP contribution in [-0.2, 0) is 6.54 Å². The quantitative estimate of drug-likeness (QED) is 0.602. The molecular formula is C22H25N3O2. The third kappa shape index (κ3) is 3.74. The monoisotopic (exact) mass is 363 g/mol. The first kappa shape index (κ1) is 17.7. The third-order valence-corrected chi connectivity index (χ3v) is 5.39. The predicted molar refractivity (Wildman–Crippen MR) is 106 cm³/mol. The molecule has 0 bridgehead atoms. The number of unbranched alkanes of at least 4 members (excludes halogenated alkanes) is 3. The van der Waals surface area contributed by atoms with Crippen LogP contribution in [0.4, 0.5) is 5.69 Å². The Bertz CT molecular complexity index is 814. The van der Waals surface area contributed by atoms with Crippen molar-refractivity contribution in [3.8, 4) is 0 Å². The number of anilines is 1. The topological polar surface area (TPSA) is 52.7 Å². The summed E-state index contributed by atoms with van der Waals surface area (Å²) in [7, 11) is 0. The van der Waals surface area contributed by atoms with Crippen LogP contribution in [0.2, 0.25) is 0 Å². The molecule has 2 aliphatic rings. The molecule has 0 saturated heterocycles. The number of nitrogens with one attached hydrogen (secondary N) is 1. The predicted octanol–water partition coefficient (Wildman–Crippen LogP) is 3.73. The van der Waals surface area contributed by atoms with Gasteiger partial charge in [-0.1, -0.05) is 43.2 Å². The standard InChI is InChI=1S/C22H25N3O2/c26-21-18-10-4-5-11-19(18)22(27)25(21)14-8-2-1-7-13-24-15-17-9-3-6-12-20(17)23-16-24/h3-6,9-12,23H,1-2,7-8,13-16H2. The van der Waals surface area contributed by atoms with Crippen LogP contribution in [0, 0.1) is 0 Å². The maximum Gasteiger partial charge on any atom is 0.261 e. The van der Waals surface area contributed by atoms with Crippen LogP contribution in [0.15, 0.2) is 48.5 Å². The lowest BCUT2D eigenvalue weighted by molar-refractivity contribution is 0.0651. The van der Waals surface area contributed by atoms with E-state index in [4.69, 9.17) is 0 Å². The number of nitrogens with zero attached hydrogens (tertiary/aromatic N) is 2. The Morgan fingerprint density at radius 1 is 0.778 bits per heavy atom. The number of rotatable bonds is 7. The van der Waals surface area contributed by atoms with Crippen molar-refractivity contribution in [3.05, 3.63) is 65.2 Å². The number of para-hydroxylation sites is 1. The van der Waals surface area contributed by atoms with E-state index in [2.05, 4.69) is 34.5 Å². The van der Waals surface area contributed by atoms with E-state index in [-0.39, 0.29) is 11.8 Å². The first-order chi connectivity index (χ1) is 13.2. The van der Waals surface area contributed by atoms with E-state index in [9.17, 15) is 9.59 Å². The van der Waals surface area contributed by atoms with Crippen molar-refractivity contribution in [2.75, 3.05) is 25.1 Å². The maximum absolute atomic E-state index is 12.3. The zero-order valence-corrected chi connectivity index (χ0v) is 15.5. The van der Waals surface area contributed by atoms with E-state index >= 15 is 0 Å². The molecule has 2 aromatic carbocycles. The Kier molecular flexibility index (Phi) is 5.21. The van der Waals surface area contributed by atoms with Crippen LogP contribution in [0.1, 0.15) is 52.0 Å². The van der Waals surface area contributed by atoms with Crippen molar-refractivity contribution < 1.29 is 9.59 Å². The number of amides is 2. The lowest BCUT2D eigenvalue weighted by Gasteiger charge is -2.29. The van der Waals surface area contributed by atoms with Crippen LogP contribution in [0.5, 0.6) is 0 Å². The summed E-state index contributed by atoms with van der Waals surface area (Å²) >= 11 is 0. The molecule has 2 heterocycles. The minimum absolute atomic E-state index is 0.145. The first-order valence-corrected chi connectivity index (χ1v) is 9.73. The summed E-state index contributed by atoms with van der Waals surface area (Å²) in [5.74, 6) is -0.290. The molecular weight excluding hydrogens is 338 g/mol. The molecule has 0 fully saturated rings. The van der Waals surface area contributed by atoms with Crippen molar-refractivity contribution in [2.24, 2.45) is 0 Å². The first-order valence-electron chi connectivity index (χ1n) is 9.73. The van der Waals surface area contributed by atoms with Gasteiger partial charge in [-0.05, 0) is 36.6 Å². The smallest absolute Gasteiger partial charge is 0.261 e. The fourth-order valence-electron chi connectivity index (χ4n) is 3.88. The fourth-order valence-corrected chi connectivity index (χ4v) is 3.88. The minimum Gasteiger partial charge on any atom is -0.372 e. The Labute approximate surface area is 160 Å². The average molecular weight is 363 g/mol. The second-order valence-corrected chi connectivity index (χ2v) is 7.27. The molecule has 0 aliphatic carbocycles. The van der Waals surface area contributed by atoms with Crippen molar-refractivity contribution >= 4 is 17.5 Å². The van der Waals surface area contributed by atoms with E-state index in [0.717, 1.165) is 45.4 Å². The molecule has 1 N–H and O–H groups in total. The van der Waals surface area contributed by atoms with Crippen LogP contribution >= 0.6 is 0 Å². The van der Waals surface area contributed by atoms with Crippen LogP contribution in [0.25, 0.3) is 0 Å². The second-order valence-electron chi connectivity index (χ2n) is 7.27. The summed E-state index contributed by atoms with van der Waals surface area (Å²) in [5, 5.41) is 3.46. The van der Waals surface area contributed by atoms with Crippen molar-refractivity contribution in [1.29, 1.82) is 0 Å². The molecule has 2 aromatic rings. The van der Waals surface area contributed by atoms with Gasteiger partial charge < -0.3 is 5.32 Å². The van der Waals surface area contributed by atoms with Gasteiger partial charge in [0.25, 0.3) is 11.8 Å². The van der Waals surface area contributed by atoms with E-state index in [1.54, 1.807) is 24.3 Å². The summed E-state index contributed by atoms with van der Waals surface area (Å²) in [6.45, 7) is 3.48. The van der Waals surface area contributed by atoms with Gasteiger partial charge in [-0.3, -0.25) is 19.4 Å². The highest BCUT2D eigenvalue weighted by atomic mass is 16.2. The largest absolute Gasteiger partial charge is 0.372 e. The Balaban J connectivity index is 1.16. The van der Waals surface area contributed by atoms with Gasteiger partial charge in [0.1, 0.15) is 0 Å². The molecule has 4 rings (SSSR count). The van der Waals surface area contributed by atoms with Crippen LogP contribution in [-0.4, -0.2) is 41.4 Å². The number of hydrogen-bond acceptors (Lipinski definition) is 4. The highest BCUT2D eigenvalue weighted by molar-refractivity contribution is 6.21. The highest BCUT2D eigenvalue weighted by Crippen LogP contribution is 2.23. The third-order valence-electron chi connectivity index (χ3n) is 5.39. The van der Waals surface area contributed by atoms with Gasteiger partial charge in [-0.25, -0.2) is 0 Å². The van der Waals surface area contributed by atoms with Gasteiger partial charge in [0.05, 0.1) is 17.8 Å². The molecule has 2 amide bonds. The van der Waals surface area contributed by atoms with Gasteiger partial charge in [0.15, 0.2) is 0 Å². The number of imide groups is 1. The second kappa shape index (κ2) is 7.92. The zero-order valence-electron chi connectivity index (χ0n) is 15.5. The van der Waals surface area contributed by atoms with Crippen LogP contribution in [0.3, 0.4) is 0 Å².